The fourth-order valence-electron chi connectivity index (χ4n) is 3.57. The molecular formula is C16H19N3O2S. The lowest BCUT2D eigenvalue weighted by molar-refractivity contribution is 0.0621. The van der Waals surface area contributed by atoms with Crippen LogP contribution >= 0.6 is 11.8 Å². The maximum absolute atomic E-state index is 12.7. The Morgan fingerprint density at radius 3 is 2.91 bits per heavy atom. The van der Waals surface area contributed by atoms with E-state index in [2.05, 4.69) is 15.2 Å². The standard InChI is InChI=1S/C16H19N3O2S/c1-22-16-18-14-11(3-2-4-13(14)21-16)15(20)17-12-9-19-7-5-10(12)6-8-19/h2-4,10,12H,5-9H2,1H3,(H,17,20)/t12-/m1/s1. The van der Waals surface area contributed by atoms with Gasteiger partial charge >= 0.3 is 0 Å². The summed E-state index contributed by atoms with van der Waals surface area (Å²) >= 11 is 1.44. The molecule has 2 bridgehead atoms. The molecule has 0 aliphatic carbocycles. The monoisotopic (exact) mass is 317 g/mol. The average molecular weight is 317 g/mol. The van der Waals surface area contributed by atoms with Crippen LogP contribution in [0.15, 0.2) is 27.8 Å². The van der Waals surface area contributed by atoms with Crippen LogP contribution in [0.3, 0.4) is 0 Å². The van der Waals surface area contributed by atoms with Crippen molar-refractivity contribution in [3.63, 3.8) is 0 Å². The van der Waals surface area contributed by atoms with E-state index in [1.165, 1.54) is 37.7 Å². The highest BCUT2D eigenvalue weighted by Crippen LogP contribution is 2.28. The molecule has 1 amide bonds. The molecule has 5 nitrogen and oxygen atoms in total. The molecule has 1 N–H and O–H groups in total. The molecule has 0 saturated carbocycles. The number of piperidine rings is 3. The van der Waals surface area contributed by atoms with E-state index in [1.54, 1.807) is 0 Å². The van der Waals surface area contributed by atoms with Crippen molar-refractivity contribution in [3.8, 4) is 0 Å². The van der Waals surface area contributed by atoms with E-state index in [0.29, 0.717) is 27.8 Å². The number of para-hydroxylation sites is 1. The Morgan fingerprint density at radius 2 is 2.23 bits per heavy atom. The molecule has 2 aromatic rings. The van der Waals surface area contributed by atoms with Crippen LogP contribution < -0.4 is 5.32 Å². The molecule has 116 valence electrons. The second-order valence-corrected chi connectivity index (χ2v) is 6.81. The fraction of sp³-hybridized carbons (Fsp3) is 0.500. The topological polar surface area (TPSA) is 58.4 Å². The second kappa shape index (κ2) is 5.59. The summed E-state index contributed by atoms with van der Waals surface area (Å²) in [5.41, 5.74) is 1.94. The number of amides is 1. The van der Waals surface area contributed by atoms with E-state index < -0.39 is 0 Å². The SMILES string of the molecule is CSc1nc2c(C(=O)N[C@@H]3CN4CCC3CC4)cccc2o1. The van der Waals surface area contributed by atoms with Crippen molar-refractivity contribution < 1.29 is 9.21 Å². The molecule has 1 aromatic heterocycles. The summed E-state index contributed by atoms with van der Waals surface area (Å²) in [5, 5.41) is 3.81. The normalized spacial score (nSPS) is 27.2. The molecule has 5 rings (SSSR count). The summed E-state index contributed by atoms with van der Waals surface area (Å²) in [6, 6.07) is 5.79. The largest absolute Gasteiger partial charge is 0.431 e. The van der Waals surface area contributed by atoms with Crippen molar-refractivity contribution in [2.75, 3.05) is 25.9 Å². The van der Waals surface area contributed by atoms with Crippen molar-refractivity contribution in [2.24, 2.45) is 5.92 Å². The number of benzene rings is 1. The molecule has 6 heteroatoms. The minimum atomic E-state index is -0.0368. The number of thioether (sulfide) groups is 1. The Morgan fingerprint density at radius 1 is 1.41 bits per heavy atom. The summed E-state index contributed by atoms with van der Waals surface area (Å²) in [5.74, 6) is 0.581. The predicted molar refractivity (Wildman–Crippen MR) is 86.2 cm³/mol. The number of aromatic nitrogens is 1. The van der Waals surface area contributed by atoms with Crippen LogP contribution in [0, 0.1) is 5.92 Å². The highest BCUT2D eigenvalue weighted by molar-refractivity contribution is 7.98. The van der Waals surface area contributed by atoms with E-state index in [-0.39, 0.29) is 11.9 Å². The molecule has 0 spiro atoms. The van der Waals surface area contributed by atoms with Gasteiger partial charge in [-0.2, -0.15) is 0 Å². The molecule has 1 atom stereocenters. The third-order valence-electron chi connectivity index (χ3n) is 4.79. The summed E-state index contributed by atoms with van der Waals surface area (Å²) in [6.07, 6.45) is 4.29. The van der Waals surface area contributed by atoms with Crippen molar-refractivity contribution >= 4 is 28.8 Å². The molecule has 3 fully saturated rings. The van der Waals surface area contributed by atoms with Crippen molar-refractivity contribution in [1.29, 1.82) is 0 Å². The van der Waals surface area contributed by atoms with Crippen LogP contribution in [0.1, 0.15) is 23.2 Å². The lowest BCUT2D eigenvalue weighted by Gasteiger charge is -2.44. The first-order valence-corrected chi connectivity index (χ1v) is 8.94. The lowest BCUT2D eigenvalue weighted by atomic mass is 9.84. The van der Waals surface area contributed by atoms with E-state index >= 15 is 0 Å². The number of hydrogen-bond acceptors (Lipinski definition) is 5. The Bertz CT molecular complexity index is 706. The van der Waals surface area contributed by atoms with Gasteiger partial charge in [-0.05, 0) is 50.2 Å². The van der Waals surface area contributed by atoms with E-state index in [1.807, 2.05) is 24.5 Å². The van der Waals surface area contributed by atoms with E-state index in [4.69, 9.17) is 4.42 Å². The van der Waals surface area contributed by atoms with Gasteiger partial charge in [-0.3, -0.25) is 4.79 Å². The van der Waals surface area contributed by atoms with Gasteiger partial charge in [0.25, 0.3) is 11.1 Å². The summed E-state index contributed by atoms with van der Waals surface area (Å²) in [6.45, 7) is 3.32. The van der Waals surface area contributed by atoms with Gasteiger partial charge in [-0.15, -0.1) is 0 Å². The van der Waals surface area contributed by atoms with Crippen LogP contribution in [0.4, 0.5) is 0 Å². The molecule has 3 aliphatic heterocycles. The number of rotatable bonds is 3. The van der Waals surface area contributed by atoms with Crippen molar-refractivity contribution in [1.82, 2.24) is 15.2 Å². The third kappa shape index (κ3) is 2.40. The number of nitrogens with zero attached hydrogens (tertiary/aromatic N) is 2. The quantitative estimate of drug-likeness (QED) is 0.881. The molecule has 3 aliphatic rings. The van der Waals surface area contributed by atoms with Gasteiger partial charge in [0, 0.05) is 12.6 Å². The zero-order valence-corrected chi connectivity index (χ0v) is 13.4. The van der Waals surface area contributed by atoms with Crippen molar-refractivity contribution in [2.45, 2.75) is 24.1 Å². The Labute approximate surface area is 133 Å². The summed E-state index contributed by atoms with van der Waals surface area (Å²) in [7, 11) is 0. The smallest absolute Gasteiger partial charge is 0.256 e. The molecule has 1 aromatic carbocycles. The van der Waals surface area contributed by atoms with E-state index in [9.17, 15) is 4.79 Å². The molecule has 0 unspecified atom stereocenters. The van der Waals surface area contributed by atoms with Gasteiger partial charge in [0.1, 0.15) is 5.52 Å². The van der Waals surface area contributed by atoms with Crippen LogP contribution in [-0.2, 0) is 0 Å². The Balaban J connectivity index is 1.59. The summed E-state index contributed by atoms with van der Waals surface area (Å²) < 4.78 is 5.61. The molecule has 3 saturated heterocycles. The molecule has 0 radical (unpaired) electrons. The maximum atomic E-state index is 12.7. The number of carbonyl (C=O) groups is 1. The minimum absolute atomic E-state index is 0.0368. The molecular weight excluding hydrogens is 298 g/mol. The highest BCUT2D eigenvalue weighted by atomic mass is 32.2. The maximum Gasteiger partial charge on any atom is 0.256 e. The number of fused-ring (bicyclic) bond motifs is 4. The predicted octanol–water partition coefficient (Wildman–Crippen LogP) is 2.37. The first-order valence-electron chi connectivity index (χ1n) is 7.71. The third-order valence-corrected chi connectivity index (χ3v) is 5.32. The minimum Gasteiger partial charge on any atom is -0.431 e. The first kappa shape index (κ1) is 14.1. The summed E-state index contributed by atoms with van der Waals surface area (Å²) in [4.78, 5) is 19.5. The number of nitrogens with one attached hydrogen (secondary N) is 1. The highest BCUT2D eigenvalue weighted by Gasteiger charge is 2.35. The van der Waals surface area contributed by atoms with Gasteiger partial charge in [0.15, 0.2) is 5.58 Å². The van der Waals surface area contributed by atoms with Crippen LogP contribution in [-0.4, -0.2) is 47.7 Å². The van der Waals surface area contributed by atoms with Gasteiger partial charge in [-0.25, -0.2) is 4.98 Å². The Kier molecular flexibility index (Phi) is 3.58. The van der Waals surface area contributed by atoms with Crippen LogP contribution in [0.25, 0.3) is 11.1 Å². The lowest BCUT2D eigenvalue weighted by Crippen LogP contribution is -2.57. The number of hydrogen-bond donors (Lipinski definition) is 1. The van der Waals surface area contributed by atoms with Gasteiger partial charge < -0.3 is 14.6 Å². The molecule has 22 heavy (non-hydrogen) atoms. The van der Waals surface area contributed by atoms with Crippen LogP contribution in [0.2, 0.25) is 0 Å². The average Bonchev–Trinajstić information content (AvgIpc) is 2.99. The second-order valence-electron chi connectivity index (χ2n) is 6.05. The van der Waals surface area contributed by atoms with Gasteiger partial charge in [0.05, 0.1) is 5.56 Å². The van der Waals surface area contributed by atoms with Crippen LogP contribution in [0.5, 0.6) is 0 Å². The first-order chi connectivity index (χ1) is 10.7. The number of oxazole rings is 1. The van der Waals surface area contributed by atoms with E-state index in [0.717, 1.165) is 6.54 Å². The molecule has 4 heterocycles. The van der Waals surface area contributed by atoms with Gasteiger partial charge in [0.2, 0.25) is 0 Å². The Hall–Kier alpha value is -1.53. The fourth-order valence-corrected chi connectivity index (χ4v) is 3.93. The zero-order chi connectivity index (χ0) is 15.1. The van der Waals surface area contributed by atoms with Crippen molar-refractivity contribution in [3.05, 3.63) is 23.8 Å². The van der Waals surface area contributed by atoms with Gasteiger partial charge in [-0.1, -0.05) is 17.8 Å². The number of carbonyl (C=O) groups excluding carboxylic acids is 1. The zero-order valence-electron chi connectivity index (χ0n) is 12.5.